The second-order valence-corrected chi connectivity index (χ2v) is 19.3. The number of rotatable bonds is 6. The van der Waals surface area contributed by atoms with Crippen molar-refractivity contribution in [3.8, 4) is 22.3 Å². The lowest BCUT2D eigenvalue weighted by Crippen LogP contribution is -2.26. The van der Waals surface area contributed by atoms with Crippen molar-refractivity contribution < 1.29 is 0 Å². The molecule has 2 aliphatic carbocycles. The molecule has 2 aromatic heterocycles. The van der Waals surface area contributed by atoms with E-state index in [0.717, 1.165) is 22.7 Å². The number of hydrogen-bond acceptors (Lipinski definition) is 4. The molecule has 0 radical (unpaired) electrons. The highest BCUT2D eigenvalue weighted by molar-refractivity contribution is 7.26. The molecule has 0 amide bonds. The summed E-state index contributed by atoms with van der Waals surface area (Å²) in [5.41, 5.74) is 16.8. The largest absolute Gasteiger partial charge is 0.310 e. The van der Waals surface area contributed by atoms with E-state index in [1.165, 1.54) is 96.2 Å². The maximum Gasteiger partial charge on any atom is 0.0726 e. The number of nitrogens with zero attached hydrogens (tertiary/aromatic N) is 2. The van der Waals surface area contributed by atoms with E-state index in [1.807, 2.05) is 22.7 Å². The van der Waals surface area contributed by atoms with Crippen molar-refractivity contribution in [2.45, 2.75) is 5.41 Å². The highest BCUT2D eigenvalue weighted by atomic mass is 32.1. The first-order chi connectivity index (χ1) is 32.3. The zero-order chi connectivity index (χ0) is 42.6. The van der Waals surface area contributed by atoms with Crippen molar-refractivity contribution in [3.63, 3.8) is 0 Å². The fourth-order valence-electron chi connectivity index (χ4n) is 11.3. The summed E-state index contributed by atoms with van der Waals surface area (Å²) in [4.78, 5) is 4.96. The summed E-state index contributed by atoms with van der Waals surface area (Å²) in [6.07, 6.45) is 0. The molecule has 2 aliphatic rings. The molecule has 2 heterocycles. The Kier molecular flexibility index (Phi) is 7.97. The second kappa shape index (κ2) is 14.1. The molecule has 2 nitrogen and oxygen atoms in total. The number of para-hydroxylation sites is 2. The molecular weight excluding hydrogens is 825 g/mol. The molecule has 0 aliphatic heterocycles. The van der Waals surface area contributed by atoms with Crippen molar-refractivity contribution in [1.82, 2.24) is 0 Å². The Balaban J connectivity index is 1.05. The van der Waals surface area contributed by atoms with Crippen molar-refractivity contribution in [1.29, 1.82) is 0 Å². The minimum atomic E-state index is -0.531. The lowest BCUT2D eigenvalue weighted by Gasteiger charge is -2.32. The zero-order valence-electron chi connectivity index (χ0n) is 35.2. The minimum Gasteiger partial charge on any atom is -0.310 e. The summed E-state index contributed by atoms with van der Waals surface area (Å²) in [6.45, 7) is 0. The predicted molar refractivity (Wildman–Crippen MR) is 278 cm³/mol. The van der Waals surface area contributed by atoms with Crippen molar-refractivity contribution in [3.05, 3.63) is 253 Å². The van der Waals surface area contributed by atoms with Crippen molar-refractivity contribution in [2.24, 2.45) is 0 Å². The topological polar surface area (TPSA) is 6.48 Å². The molecule has 304 valence electrons. The van der Waals surface area contributed by atoms with Gasteiger partial charge >= 0.3 is 0 Å². The van der Waals surface area contributed by atoms with Gasteiger partial charge in [-0.25, -0.2) is 0 Å². The zero-order valence-corrected chi connectivity index (χ0v) is 36.8. The van der Waals surface area contributed by atoms with Gasteiger partial charge < -0.3 is 9.80 Å². The van der Waals surface area contributed by atoms with Crippen molar-refractivity contribution in [2.75, 3.05) is 9.80 Å². The van der Waals surface area contributed by atoms with E-state index in [1.54, 1.807) is 0 Å². The van der Waals surface area contributed by atoms with Gasteiger partial charge in [0, 0.05) is 63.1 Å². The van der Waals surface area contributed by atoms with Crippen LogP contribution < -0.4 is 9.80 Å². The molecule has 65 heavy (non-hydrogen) atoms. The van der Waals surface area contributed by atoms with Gasteiger partial charge in [-0.05, 0) is 129 Å². The summed E-state index contributed by atoms with van der Waals surface area (Å²) >= 11 is 3.73. The van der Waals surface area contributed by atoms with E-state index in [-0.39, 0.29) is 0 Å². The number of hydrogen-bond donors (Lipinski definition) is 0. The Morgan fingerprint density at radius 1 is 0.277 bits per heavy atom. The van der Waals surface area contributed by atoms with Crippen LogP contribution in [0.1, 0.15) is 22.3 Å². The lowest BCUT2D eigenvalue weighted by atomic mass is 9.70. The van der Waals surface area contributed by atoms with Crippen LogP contribution >= 0.6 is 22.7 Å². The summed E-state index contributed by atoms with van der Waals surface area (Å²) in [6, 6.07) is 85.8. The molecule has 0 saturated carbocycles. The van der Waals surface area contributed by atoms with E-state index in [2.05, 4.69) is 240 Å². The Morgan fingerprint density at radius 2 is 0.708 bits per heavy atom. The van der Waals surface area contributed by atoms with Gasteiger partial charge in [-0.15, -0.1) is 22.7 Å². The van der Waals surface area contributed by atoms with Crippen LogP contribution in [-0.2, 0) is 5.41 Å². The number of fused-ring (bicyclic) bond motifs is 16. The normalized spacial score (nSPS) is 13.0. The first kappa shape index (κ1) is 36.7. The summed E-state index contributed by atoms with van der Waals surface area (Å²) in [5.74, 6) is 0. The molecule has 0 N–H and O–H groups in total. The molecule has 12 aromatic rings. The Bertz CT molecular complexity index is 3820. The minimum absolute atomic E-state index is 0.531. The van der Waals surface area contributed by atoms with Gasteiger partial charge in [0.25, 0.3) is 0 Å². The van der Waals surface area contributed by atoms with Crippen LogP contribution in [0.2, 0.25) is 0 Å². The van der Waals surface area contributed by atoms with Crippen LogP contribution in [0.15, 0.2) is 231 Å². The summed E-state index contributed by atoms with van der Waals surface area (Å²) in [5, 5.41) is 5.14. The highest BCUT2D eigenvalue weighted by Gasteiger charge is 2.52. The Hall–Kier alpha value is -7.76. The van der Waals surface area contributed by atoms with Crippen LogP contribution in [-0.4, -0.2) is 0 Å². The van der Waals surface area contributed by atoms with E-state index in [4.69, 9.17) is 0 Å². The molecular formula is C61H38N2S2. The third-order valence-electron chi connectivity index (χ3n) is 13.8. The van der Waals surface area contributed by atoms with Gasteiger partial charge in [-0.3, -0.25) is 0 Å². The molecule has 0 bridgehead atoms. The average Bonchev–Trinajstić information content (AvgIpc) is 4.10. The number of benzene rings is 10. The van der Waals surface area contributed by atoms with Gasteiger partial charge in [-0.2, -0.15) is 0 Å². The second-order valence-electron chi connectivity index (χ2n) is 17.1. The van der Waals surface area contributed by atoms with Gasteiger partial charge in [0.05, 0.1) is 16.8 Å². The Morgan fingerprint density at radius 3 is 1.28 bits per heavy atom. The third kappa shape index (κ3) is 5.21. The van der Waals surface area contributed by atoms with Gasteiger partial charge in [-0.1, -0.05) is 146 Å². The van der Waals surface area contributed by atoms with Crippen LogP contribution in [0.25, 0.3) is 62.6 Å². The SMILES string of the molecule is c1ccc(N(c2ccc3c(c2)-c2ccc(N(c4ccccc4)c4cccc5sc6ccccc6c45)cc2C32c3ccccc3-c3ccccc32)c2cccc3sc4ccccc4c23)cc1. The van der Waals surface area contributed by atoms with Crippen molar-refractivity contribution >= 4 is 97.1 Å². The summed E-state index contributed by atoms with van der Waals surface area (Å²) in [7, 11) is 0. The first-order valence-electron chi connectivity index (χ1n) is 22.3. The predicted octanol–water partition coefficient (Wildman–Crippen LogP) is 17.7. The maximum atomic E-state index is 2.52. The molecule has 0 fully saturated rings. The number of thiophene rings is 2. The van der Waals surface area contributed by atoms with Gasteiger partial charge in [0.15, 0.2) is 0 Å². The van der Waals surface area contributed by atoms with E-state index in [0.29, 0.717) is 0 Å². The fourth-order valence-corrected chi connectivity index (χ4v) is 13.5. The quantitative estimate of drug-likeness (QED) is 0.164. The highest BCUT2D eigenvalue weighted by Crippen LogP contribution is 2.64. The lowest BCUT2D eigenvalue weighted by molar-refractivity contribution is 0.793. The Labute approximate surface area is 385 Å². The maximum absolute atomic E-state index is 2.52. The molecule has 1 spiro atoms. The molecule has 0 saturated heterocycles. The molecule has 0 unspecified atom stereocenters. The third-order valence-corrected chi connectivity index (χ3v) is 16.1. The van der Waals surface area contributed by atoms with Crippen LogP contribution in [0.3, 0.4) is 0 Å². The smallest absolute Gasteiger partial charge is 0.0726 e. The summed E-state index contributed by atoms with van der Waals surface area (Å²) < 4.78 is 5.18. The molecule has 0 atom stereocenters. The molecule has 14 rings (SSSR count). The van der Waals surface area contributed by atoms with Crippen LogP contribution in [0.5, 0.6) is 0 Å². The molecule has 10 aromatic carbocycles. The molecule has 4 heteroatoms. The average molecular weight is 863 g/mol. The van der Waals surface area contributed by atoms with Crippen LogP contribution in [0.4, 0.5) is 34.1 Å². The monoisotopic (exact) mass is 862 g/mol. The van der Waals surface area contributed by atoms with Crippen LogP contribution in [0, 0.1) is 0 Å². The fraction of sp³-hybridized carbons (Fsp3) is 0.0164. The van der Waals surface area contributed by atoms with Gasteiger partial charge in [0.2, 0.25) is 0 Å². The van der Waals surface area contributed by atoms with Gasteiger partial charge in [0.1, 0.15) is 0 Å². The van der Waals surface area contributed by atoms with E-state index < -0.39 is 5.41 Å². The van der Waals surface area contributed by atoms with E-state index >= 15 is 0 Å². The number of anilines is 6. The van der Waals surface area contributed by atoms with E-state index in [9.17, 15) is 0 Å². The first-order valence-corrected chi connectivity index (χ1v) is 23.9. The standard InChI is InChI=1S/C61H38N2S2/c1-3-17-39(18-4-1)62(53-27-15-31-57-59(53)46-23-9-13-29-55(46)64-57)41-34-36-51-48(37-41)45-35-33-42(38-52(45)61(51)49-25-11-7-21-43(49)44-22-8-12-26-50(44)61)63(40-19-5-2-6-20-40)54-28-16-32-58-60(54)47-24-10-14-30-56(47)65-58/h1-38H.